The number of hydrogen-bond acceptors (Lipinski definition) is 1. The van der Waals surface area contributed by atoms with Crippen LogP contribution in [0.5, 0.6) is 0 Å². The Morgan fingerprint density at radius 2 is 2.00 bits per heavy atom. The molecule has 0 saturated carbocycles. The normalized spacial score (nSPS) is 10.0. The zero-order chi connectivity index (χ0) is 6.95. The maximum atomic E-state index is 5.36. The van der Waals surface area contributed by atoms with Gasteiger partial charge in [0.1, 0.15) is 0 Å². The predicted molar refractivity (Wildman–Crippen MR) is 43.9 cm³/mol. The summed E-state index contributed by atoms with van der Waals surface area (Å²) in [7, 11) is 0. The Labute approximate surface area is 68.6 Å². The fourth-order valence-electron chi connectivity index (χ4n) is 0.748. The summed E-state index contributed by atoms with van der Waals surface area (Å²) in [6.45, 7) is 3.20. The summed E-state index contributed by atoms with van der Waals surface area (Å²) in [5.41, 5.74) is 5.36. The van der Waals surface area contributed by atoms with E-state index in [-0.39, 0.29) is 21.1 Å². The van der Waals surface area contributed by atoms with Gasteiger partial charge in [0, 0.05) is 0 Å². The molecule has 0 bridgehead atoms. The Balaban J connectivity index is 2.60. The van der Waals surface area contributed by atoms with Crippen molar-refractivity contribution in [1.29, 1.82) is 0 Å². The van der Waals surface area contributed by atoms with Crippen LogP contribution in [-0.4, -0.2) is 27.7 Å². The van der Waals surface area contributed by atoms with Crippen molar-refractivity contribution in [2.75, 3.05) is 6.54 Å². The number of nitrogens with two attached hydrogens (primary N) is 1. The number of unbranched alkanes of at least 4 members (excludes halogenated alkanes) is 2. The number of rotatable bonds is 6. The van der Waals surface area contributed by atoms with Gasteiger partial charge in [-0.3, -0.25) is 0 Å². The molecule has 0 fully saturated rings. The van der Waals surface area contributed by atoms with Crippen molar-refractivity contribution in [3.63, 3.8) is 0 Å². The molecule has 2 heteroatoms. The van der Waals surface area contributed by atoms with Crippen molar-refractivity contribution < 1.29 is 0 Å². The van der Waals surface area contributed by atoms with Crippen molar-refractivity contribution in [1.82, 2.24) is 0 Å². The zero-order valence-electron chi connectivity index (χ0n) is 6.32. The Bertz CT molecular complexity index is 42.2. The van der Waals surface area contributed by atoms with E-state index in [2.05, 4.69) is 6.92 Å². The van der Waals surface area contributed by atoms with Crippen LogP contribution in [0.2, 0.25) is 8.87 Å². The molecule has 0 aliphatic rings. The van der Waals surface area contributed by atoms with Crippen LogP contribution >= 0.6 is 0 Å². The van der Waals surface area contributed by atoms with Gasteiger partial charge in [0.2, 0.25) is 0 Å². The molecule has 0 aromatic rings. The molecule has 2 radical (unpaired) electrons. The minimum absolute atomic E-state index is 0.120. The van der Waals surface area contributed by atoms with Crippen molar-refractivity contribution in [3.05, 3.63) is 0 Å². The molecule has 0 amide bonds. The van der Waals surface area contributed by atoms with Crippen LogP contribution in [0.15, 0.2) is 0 Å². The van der Waals surface area contributed by atoms with Crippen molar-refractivity contribution in [3.8, 4) is 0 Å². The molecule has 1 nitrogen and oxygen atoms in total. The summed E-state index contributed by atoms with van der Waals surface area (Å²) in [5.74, 6) is 0. The third-order valence-corrected chi connectivity index (χ3v) is 4.75. The molecule has 0 unspecified atom stereocenters. The van der Waals surface area contributed by atoms with E-state index in [0.29, 0.717) is 0 Å². The van der Waals surface area contributed by atoms with Crippen LogP contribution in [0.4, 0.5) is 0 Å². The average molecular weight is 234 g/mol. The fraction of sp³-hybridized carbons (Fsp3) is 1.00. The van der Waals surface area contributed by atoms with Crippen LogP contribution in [0.1, 0.15) is 26.2 Å². The molecule has 54 valence electrons. The summed E-state index contributed by atoms with van der Waals surface area (Å²) in [6.07, 6.45) is 4.07. The van der Waals surface area contributed by atoms with Crippen LogP contribution in [-0.2, 0) is 0 Å². The summed E-state index contributed by atoms with van der Waals surface area (Å²) >= 11 is 0.120. The summed E-state index contributed by atoms with van der Waals surface area (Å²) in [6, 6.07) is 0. The molecule has 0 saturated heterocycles. The molecule has 0 aromatic heterocycles. The van der Waals surface area contributed by atoms with Gasteiger partial charge in [-0.2, -0.15) is 0 Å². The predicted octanol–water partition coefficient (Wildman–Crippen LogP) is 1.68. The Morgan fingerprint density at radius 1 is 1.22 bits per heavy atom. The molecule has 0 heterocycles. The number of hydrogen-bond donors (Lipinski definition) is 1. The van der Waals surface area contributed by atoms with E-state index >= 15 is 0 Å². The third-order valence-electron chi connectivity index (χ3n) is 1.31. The van der Waals surface area contributed by atoms with E-state index in [0.717, 1.165) is 6.54 Å². The molecule has 0 rings (SSSR count). The first-order valence-electron chi connectivity index (χ1n) is 3.82. The standard InChI is InChI=1S/C5H12N.C2H5.Sn/c1-2-3-4-5-6;1-2;/h1-6H2;1H2,2H3;. The van der Waals surface area contributed by atoms with Gasteiger partial charge < -0.3 is 0 Å². The molecule has 0 aliphatic heterocycles. The van der Waals surface area contributed by atoms with E-state index in [1.165, 1.54) is 23.7 Å². The van der Waals surface area contributed by atoms with Gasteiger partial charge in [0.15, 0.2) is 0 Å². The van der Waals surface area contributed by atoms with Gasteiger partial charge >= 0.3 is 68.5 Å². The average Bonchev–Trinajstić information content (AvgIpc) is 1.89. The zero-order valence-corrected chi connectivity index (χ0v) is 9.17. The first-order chi connectivity index (χ1) is 4.41. The van der Waals surface area contributed by atoms with Gasteiger partial charge in [-0.15, -0.1) is 0 Å². The first kappa shape index (κ1) is 9.76. The fourth-order valence-corrected chi connectivity index (χ4v) is 3.18. The van der Waals surface area contributed by atoms with Gasteiger partial charge in [0.05, 0.1) is 0 Å². The Morgan fingerprint density at radius 3 is 2.56 bits per heavy atom. The molecule has 0 spiro atoms. The van der Waals surface area contributed by atoms with E-state index in [9.17, 15) is 0 Å². The first-order valence-corrected chi connectivity index (χ1v) is 7.86. The summed E-state index contributed by atoms with van der Waals surface area (Å²) < 4.78 is 3.08. The van der Waals surface area contributed by atoms with Crippen molar-refractivity contribution >= 4 is 21.1 Å². The second kappa shape index (κ2) is 8.76. The SMILES string of the molecule is C[CH2][Sn][CH2]CCCCN. The second-order valence-electron chi connectivity index (χ2n) is 2.20. The second-order valence-corrected chi connectivity index (χ2v) is 7.08. The maximum absolute atomic E-state index is 5.36. The quantitative estimate of drug-likeness (QED) is 0.549. The van der Waals surface area contributed by atoms with Gasteiger partial charge in [0.25, 0.3) is 0 Å². The van der Waals surface area contributed by atoms with Crippen LogP contribution in [0.25, 0.3) is 0 Å². The van der Waals surface area contributed by atoms with Gasteiger partial charge in [-0.25, -0.2) is 0 Å². The summed E-state index contributed by atoms with van der Waals surface area (Å²) in [4.78, 5) is 0. The third kappa shape index (κ3) is 8.76. The van der Waals surface area contributed by atoms with Crippen molar-refractivity contribution in [2.24, 2.45) is 5.73 Å². The molecule has 9 heavy (non-hydrogen) atoms. The van der Waals surface area contributed by atoms with E-state index in [1.54, 1.807) is 4.44 Å². The molecule has 2 N–H and O–H groups in total. The molecule has 0 aliphatic carbocycles. The van der Waals surface area contributed by atoms with Crippen LogP contribution < -0.4 is 5.73 Å². The molecular formula is C7H17NSn. The van der Waals surface area contributed by atoms with Gasteiger partial charge in [-0.1, -0.05) is 0 Å². The van der Waals surface area contributed by atoms with Crippen LogP contribution in [0, 0.1) is 0 Å². The molecule has 0 aromatic carbocycles. The Kier molecular flexibility index (Phi) is 9.50. The van der Waals surface area contributed by atoms with E-state index < -0.39 is 0 Å². The van der Waals surface area contributed by atoms with E-state index in [1.807, 2.05) is 0 Å². The van der Waals surface area contributed by atoms with Gasteiger partial charge in [-0.05, 0) is 0 Å². The summed E-state index contributed by atoms with van der Waals surface area (Å²) in [5, 5.41) is 0. The minimum atomic E-state index is 0.120. The topological polar surface area (TPSA) is 26.0 Å². The van der Waals surface area contributed by atoms with Crippen LogP contribution in [0.3, 0.4) is 0 Å². The molecule has 0 atom stereocenters. The monoisotopic (exact) mass is 235 g/mol. The molecular weight excluding hydrogens is 217 g/mol. The Hall–Kier alpha value is 0.759. The van der Waals surface area contributed by atoms with Crippen molar-refractivity contribution in [2.45, 2.75) is 35.1 Å². The van der Waals surface area contributed by atoms with E-state index in [4.69, 9.17) is 5.73 Å².